The predicted molar refractivity (Wildman–Crippen MR) is 94.2 cm³/mol. The first-order chi connectivity index (χ1) is 12.1. The lowest BCUT2D eigenvalue weighted by Gasteiger charge is -2.07. The van der Waals surface area contributed by atoms with Crippen LogP contribution < -0.4 is 10.6 Å². The molecule has 6 heteroatoms. The van der Waals surface area contributed by atoms with Crippen LogP contribution >= 0.6 is 0 Å². The number of nitrogens with zero attached hydrogens (tertiary/aromatic N) is 1. The maximum absolute atomic E-state index is 11.9. The van der Waals surface area contributed by atoms with Gasteiger partial charge in [0, 0.05) is 19.0 Å². The van der Waals surface area contributed by atoms with Gasteiger partial charge in [-0.15, -0.1) is 0 Å². The number of amides is 2. The molecule has 0 spiro atoms. The van der Waals surface area contributed by atoms with Crippen LogP contribution in [0.25, 0.3) is 11.1 Å². The van der Waals surface area contributed by atoms with Crippen molar-refractivity contribution in [2.24, 2.45) is 0 Å². The normalized spacial score (nSPS) is 10.6. The molecule has 0 bridgehead atoms. The van der Waals surface area contributed by atoms with Crippen molar-refractivity contribution in [2.75, 3.05) is 13.1 Å². The zero-order valence-corrected chi connectivity index (χ0v) is 13.9. The first kappa shape index (κ1) is 16.7. The van der Waals surface area contributed by atoms with Crippen molar-refractivity contribution >= 4 is 22.9 Å². The monoisotopic (exact) mass is 337 g/mol. The summed E-state index contributed by atoms with van der Waals surface area (Å²) in [6.07, 6.45) is 0.681. The molecular formula is C19H19N3O3. The molecule has 1 aromatic heterocycles. The van der Waals surface area contributed by atoms with Crippen LogP contribution in [0.3, 0.4) is 0 Å². The fourth-order valence-corrected chi connectivity index (χ4v) is 2.50. The summed E-state index contributed by atoms with van der Waals surface area (Å²) in [7, 11) is 0. The van der Waals surface area contributed by atoms with Crippen LogP contribution in [0.4, 0.5) is 0 Å². The topological polar surface area (TPSA) is 84.2 Å². The highest BCUT2D eigenvalue weighted by Crippen LogP contribution is 2.16. The quantitative estimate of drug-likeness (QED) is 0.722. The van der Waals surface area contributed by atoms with Gasteiger partial charge in [0.05, 0.1) is 6.54 Å². The zero-order valence-electron chi connectivity index (χ0n) is 13.9. The van der Waals surface area contributed by atoms with E-state index in [0.29, 0.717) is 24.4 Å². The Bertz CT molecular complexity index is 887. The van der Waals surface area contributed by atoms with Gasteiger partial charge in [-0.1, -0.05) is 24.3 Å². The summed E-state index contributed by atoms with van der Waals surface area (Å²) < 4.78 is 5.44. The summed E-state index contributed by atoms with van der Waals surface area (Å²) in [5.74, 6) is 0.153. The fourth-order valence-electron chi connectivity index (χ4n) is 2.50. The molecule has 1 heterocycles. The maximum atomic E-state index is 11.9. The molecule has 3 aromatic rings. The van der Waals surface area contributed by atoms with Crippen molar-refractivity contribution in [2.45, 2.75) is 13.3 Å². The van der Waals surface area contributed by atoms with Crippen LogP contribution in [-0.4, -0.2) is 29.9 Å². The molecule has 0 fully saturated rings. The minimum absolute atomic E-state index is 0.0464. The molecule has 3 rings (SSSR count). The second-order valence-corrected chi connectivity index (χ2v) is 5.68. The zero-order chi connectivity index (χ0) is 17.6. The summed E-state index contributed by atoms with van der Waals surface area (Å²) in [5, 5.41) is 5.39. The van der Waals surface area contributed by atoms with E-state index in [0.717, 1.165) is 16.7 Å². The van der Waals surface area contributed by atoms with E-state index in [1.54, 1.807) is 24.3 Å². The Morgan fingerprint density at radius 3 is 2.68 bits per heavy atom. The maximum Gasteiger partial charge on any atom is 0.251 e. The van der Waals surface area contributed by atoms with Crippen LogP contribution in [0.5, 0.6) is 0 Å². The molecule has 0 radical (unpaired) electrons. The highest BCUT2D eigenvalue weighted by atomic mass is 16.3. The van der Waals surface area contributed by atoms with E-state index in [1.165, 1.54) is 0 Å². The molecule has 0 saturated heterocycles. The van der Waals surface area contributed by atoms with Gasteiger partial charge in [0.15, 0.2) is 11.5 Å². The summed E-state index contributed by atoms with van der Waals surface area (Å²) >= 11 is 0. The molecular weight excluding hydrogens is 318 g/mol. The highest BCUT2D eigenvalue weighted by Gasteiger charge is 2.07. The van der Waals surface area contributed by atoms with Crippen LogP contribution in [0.15, 0.2) is 52.9 Å². The number of hydrogen-bond donors (Lipinski definition) is 2. The Balaban J connectivity index is 1.43. The molecule has 2 amide bonds. The van der Waals surface area contributed by atoms with Gasteiger partial charge in [0.25, 0.3) is 5.91 Å². The van der Waals surface area contributed by atoms with Crippen molar-refractivity contribution in [3.8, 4) is 0 Å². The Kier molecular flexibility index (Phi) is 5.09. The van der Waals surface area contributed by atoms with Crippen LogP contribution in [0.2, 0.25) is 0 Å². The smallest absolute Gasteiger partial charge is 0.251 e. The minimum atomic E-state index is -0.261. The standard InChI is InChI=1S/C19H19N3O3/c1-13-22-16-11-14(7-8-17(16)25-13)9-10-20-18(23)12-21-19(24)15-5-3-2-4-6-15/h2-8,11H,9-10,12H2,1H3,(H,20,23)(H,21,24). The molecule has 2 aromatic carbocycles. The Hall–Kier alpha value is -3.15. The fraction of sp³-hybridized carbons (Fsp3) is 0.211. The lowest BCUT2D eigenvalue weighted by atomic mass is 10.1. The van der Waals surface area contributed by atoms with Gasteiger partial charge in [-0.3, -0.25) is 9.59 Å². The average Bonchev–Trinajstić information content (AvgIpc) is 2.99. The first-order valence-corrected chi connectivity index (χ1v) is 8.08. The van der Waals surface area contributed by atoms with Gasteiger partial charge in [-0.2, -0.15) is 0 Å². The molecule has 6 nitrogen and oxygen atoms in total. The van der Waals surface area contributed by atoms with Crippen molar-refractivity contribution in [1.82, 2.24) is 15.6 Å². The highest BCUT2D eigenvalue weighted by molar-refractivity contribution is 5.96. The van der Waals surface area contributed by atoms with Crippen molar-refractivity contribution < 1.29 is 14.0 Å². The number of fused-ring (bicyclic) bond motifs is 1. The molecule has 0 aliphatic carbocycles. The second kappa shape index (κ2) is 7.61. The van der Waals surface area contributed by atoms with E-state index in [1.807, 2.05) is 31.2 Å². The van der Waals surface area contributed by atoms with E-state index in [4.69, 9.17) is 4.42 Å². The molecule has 128 valence electrons. The number of aromatic nitrogens is 1. The third-order valence-electron chi connectivity index (χ3n) is 3.74. The number of oxazole rings is 1. The summed E-state index contributed by atoms with van der Waals surface area (Å²) in [6.45, 7) is 2.25. The number of benzene rings is 2. The average molecular weight is 337 g/mol. The van der Waals surface area contributed by atoms with E-state index < -0.39 is 0 Å². The predicted octanol–water partition coefficient (Wildman–Crippen LogP) is 2.22. The molecule has 0 aliphatic rings. The van der Waals surface area contributed by atoms with Gasteiger partial charge in [-0.25, -0.2) is 4.98 Å². The van der Waals surface area contributed by atoms with E-state index in [2.05, 4.69) is 15.6 Å². The molecule has 0 atom stereocenters. The van der Waals surface area contributed by atoms with Crippen molar-refractivity contribution in [3.63, 3.8) is 0 Å². The number of carbonyl (C=O) groups excluding carboxylic acids is 2. The number of rotatable bonds is 6. The largest absolute Gasteiger partial charge is 0.441 e. The lowest BCUT2D eigenvalue weighted by molar-refractivity contribution is -0.120. The lowest BCUT2D eigenvalue weighted by Crippen LogP contribution is -2.37. The van der Waals surface area contributed by atoms with Crippen LogP contribution in [0.1, 0.15) is 21.8 Å². The van der Waals surface area contributed by atoms with Crippen LogP contribution in [0, 0.1) is 6.92 Å². The van der Waals surface area contributed by atoms with E-state index >= 15 is 0 Å². The molecule has 0 saturated carbocycles. The number of hydrogen-bond acceptors (Lipinski definition) is 4. The third kappa shape index (κ3) is 4.44. The second-order valence-electron chi connectivity index (χ2n) is 5.68. The van der Waals surface area contributed by atoms with Gasteiger partial charge in [-0.05, 0) is 36.2 Å². The summed E-state index contributed by atoms with van der Waals surface area (Å²) in [5.41, 5.74) is 3.17. The summed E-state index contributed by atoms with van der Waals surface area (Å²) in [6, 6.07) is 14.6. The van der Waals surface area contributed by atoms with Gasteiger partial charge >= 0.3 is 0 Å². The Labute approximate surface area is 145 Å². The first-order valence-electron chi connectivity index (χ1n) is 8.08. The van der Waals surface area contributed by atoms with Crippen molar-refractivity contribution in [1.29, 1.82) is 0 Å². The molecule has 2 N–H and O–H groups in total. The molecule has 25 heavy (non-hydrogen) atoms. The SMILES string of the molecule is Cc1nc2cc(CCNC(=O)CNC(=O)c3ccccc3)ccc2o1. The molecule has 0 unspecified atom stereocenters. The van der Waals surface area contributed by atoms with Gasteiger partial charge < -0.3 is 15.1 Å². The Morgan fingerprint density at radius 2 is 1.88 bits per heavy atom. The van der Waals surface area contributed by atoms with Gasteiger partial charge in [0.1, 0.15) is 5.52 Å². The number of nitrogens with one attached hydrogen (secondary N) is 2. The minimum Gasteiger partial charge on any atom is -0.441 e. The number of aryl methyl sites for hydroxylation is 1. The summed E-state index contributed by atoms with van der Waals surface area (Å²) in [4.78, 5) is 28.0. The molecule has 0 aliphatic heterocycles. The van der Waals surface area contributed by atoms with E-state index in [-0.39, 0.29) is 18.4 Å². The number of carbonyl (C=O) groups is 2. The van der Waals surface area contributed by atoms with Crippen LogP contribution in [-0.2, 0) is 11.2 Å². The van der Waals surface area contributed by atoms with Crippen molar-refractivity contribution in [3.05, 3.63) is 65.5 Å². The Morgan fingerprint density at radius 1 is 1.08 bits per heavy atom. The van der Waals surface area contributed by atoms with Gasteiger partial charge in [0.2, 0.25) is 5.91 Å². The van der Waals surface area contributed by atoms with E-state index in [9.17, 15) is 9.59 Å². The third-order valence-corrected chi connectivity index (χ3v) is 3.74.